The fourth-order valence-electron chi connectivity index (χ4n) is 3.64. The van der Waals surface area contributed by atoms with Gasteiger partial charge in [0.15, 0.2) is 11.6 Å². The molecule has 4 N–H and O–H groups in total. The number of unbranched alkanes of at least 4 members (excludes halogenated alkanes) is 5. The monoisotopic (exact) mass is 394 g/mol. The van der Waals surface area contributed by atoms with Gasteiger partial charge in [-0.05, 0) is 12.5 Å². The molecule has 29 heavy (non-hydrogen) atoms. The fraction of sp³-hybridized carbons (Fsp3) is 0.348. The first-order valence-corrected chi connectivity index (χ1v) is 10.0. The van der Waals surface area contributed by atoms with E-state index in [1.54, 1.807) is 24.3 Å². The maximum Gasteiger partial charge on any atom is 0.340 e. The molecule has 6 nitrogen and oxygen atoms in total. The Hall–Kier alpha value is -3.15. The van der Waals surface area contributed by atoms with Crippen molar-refractivity contribution in [3.8, 4) is 0 Å². The van der Waals surface area contributed by atoms with Crippen molar-refractivity contribution < 1.29 is 19.1 Å². The second-order valence-corrected chi connectivity index (χ2v) is 7.28. The Bertz CT molecular complexity index is 966. The van der Waals surface area contributed by atoms with Crippen LogP contribution in [0, 0.1) is 0 Å². The number of anilines is 2. The van der Waals surface area contributed by atoms with E-state index in [4.69, 9.17) is 16.2 Å². The first-order chi connectivity index (χ1) is 14.0. The molecule has 2 aromatic rings. The number of hydrogen-bond donors (Lipinski definition) is 2. The maximum atomic E-state index is 12.9. The van der Waals surface area contributed by atoms with Gasteiger partial charge < -0.3 is 16.2 Å². The average molecular weight is 394 g/mol. The van der Waals surface area contributed by atoms with Crippen molar-refractivity contribution in [1.82, 2.24) is 0 Å². The summed E-state index contributed by atoms with van der Waals surface area (Å²) in [6.45, 7) is 2.43. The minimum Gasteiger partial charge on any atom is -0.462 e. The van der Waals surface area contributed by atoms with Crippen LogP contribution in [0.5, 0.6) is 0 Å². The quantitative estimate of drug-likeness (QED) is 0.337. The second kappa shape index (κ2) is 8.90. The molecule has 6 heteroatoms. The molecule has 0 spiro atoms. The van der Waals surface area contributed by atoms with Crippen LogP contribution in [-0.4, -0.2) is 24.1 Å². The molecule has 0 radical (unpaired) electrons. The fourth-order valence-corrected chi connectivity index (χ4v) is 3.64. The van der Waals surface area contributed by atoms with Crippen molar-refractivity contribution in [3.05, 3.63) is 58.1 Å². The predicted octanol–water partition coefficient (Wildman–Crippen LogP) is 4.14. The van der Waals surface area contributed by atoms with E-state index in [0.717, 1.165) is 19.3 Å². The Morgan fingerprint density at radius 1 is 0.897 bits per heavy atom. The molecule has 0 unspecified atom stereocenters. The highest BCUT2D eigenvalue weighted by atomic mass is 16.5. The first-order valence-electron chi connectivity index (χ1n) is 10.0. The number of esters is 1. The second-order valence-electron chi connectivity index (χ2n) is 7.28. The van der Waals surface area contributed by atoms with E-state index in [9.17, 15) is 14.4 Å². The van der Waals surface area contributed by atoms with E-state index in [-0.39, 0.29) is 51.6 Å². The molecule has 0 fully saturated rings. The van der Waals surface area contributed by atoms with Crippen LogP contribution < -0.4 is 11.5 Å². The van der Waals surface area contributed by atoms with Crippen molar-refractivity contribution >= 4 is 28.9 Å². The minimum absolute atomic E-state index is 0.0137. The van der Waals surface area contributed by atoms with Gasteiger partial charge in [-0.1, -0.05) is 63.3 Å². The number of carbonyl (C=O) groups is 3. The zero-order valence-electron chi connectivity index (χ0n) is 16.6. The van der Waals surface area contributed by atoms with Gasteiger partial charge in [0.25, 0.3) is 0 Å². The number of ether oxygens (including phenoxy) is 1. The van der Waals surface area contributed by atoms with E-state index in [1.165, 1.54) is 25.3 Å². The van der Waals surface area contributed by atoms with Gasteiger partial charge >= 0.3 is 5.97 Å². The first kappa shape index (κ1) is 20.6. The van der Waals surface area contributed by atoms with Crippen LogP contribution >= 0.6 is 0 Å². The minimum atomic E-state index is -0.635. The van der Waals surface area contributed by atoms with Gasteiger partial charge in [-0.2, -0.15) is 0 Å². The van der Waals surface area contributed by atoms with E-state index in [0.29, 0.717) is 0 Å². The lowest BCUT2D eigenvalue weighted by atomic mass is 9.81. The molecule has 1 aliphatic rings. The lowest BCUT2D eigenvalue weighted by Crippen LogP contribution is -2.25. The number of hydrogen-bond acceptors (Lipinski definition) is 6. The number of nitrogens with two attached hydrogens (primary N) is 2. The largest absolute Gasteiger partial charge is 0.462 e. The predicted molar refractivity (Wildman–Crippen MR) is 112 cm³/mol. The molecule has 0 heterocycles. The summed E-state index contributed by atoms with van der Waals surface area (Å²) in [5, 5.41) is 0. The summed E-state index contributed by atoms with van der Waals surface area (Å²) in [5.41, 5.74) is 12.8. The summed E-state index contributed by atoms with van der Waals surface area (Å²) in [4.78, 5) is 38.3. The van der Waals surface area contributed by atoms with Crippen molar-refractivity contribution in [3.63, 3.8) is 0 Å². The Morgan fingerprint density at radius 2 is 1.48 bits per heavy atom. The zero-order chi connectivity index (χ0) is 21.0. The van der Waals surface area contributed by atoms with Crippen LogP contribution in [0.2, 0.25) is 0 Å². The molecule has 0 saturated heterocycles. The molecule has 0 saturated carbocycles. The molecular weight excluding hydrogens is 368 g/mol. The summed E-state index contributed by atoms with van der Waals surface area (Å²) >= 11 is 0. The standard InChI is InChI=1S/C23H26N2O4/c1-2-3-4-5-6-9-12-29-23(28)16-13-17(24)18-19(20(16)25)22(27)15-11-8-7-10-14(15)21(18)26/h7-8,10-11,13H,2-6,9,12,24-25H2,1H3. The number of benzene rings is 2. The van der Waals surface area contributed by atoms with Gasteiger partial charge in [0.05, 0.1) is 29.0 Å². The van der Waals surface area contributed by atoms with Gasteiger partial charge in [-0.25, -0.2) is 4.79 Å². The summed E-state index contributed by atoms with van der Waals surface area (Å²) in [6.07, 6.45) is 6.42. The normalized spacial score (nSPS) is 12.4. The highest BCUT2D eigenvalue weighted by Crippen LogP contribution is 2.36. The van der Waals surface area contributed by atoms with Crippen molar-refractivity contribution in [2.45, 2.75) is 45.4 Å². The van der Waals surface area contributed by atoms with Crippen LogP contribution in [0.25, 0.3) is 0 Å². The molecule has 3 rings (SSSR count). The van der Waals surface area contributed by atoms with Gasteiger partial charge in [0, 0.05) is 16.8 Å². The summed E-state index contributed by atoms with van der Waals surface area (Å²) in [7, 11) is 0. The molecule has 0 aliphatic heterocycles. The van der Waals surface area contributed by atoms with Crippen LogP contribution in [0.3, 0.4) is 0 Å². The zero-order valence-corrected chi connectivity index (χ0v) is 16.6. The average Bonchev–Trinajstić information content (AvgIpc) is 2.72. The highest BCUT2D eigenvalue weighted by molar-refractivity contribution is 6.32. The third-order valence-electron chi connectivity index (χ3n) is 5.22. The Morgan fingerprint density at radius 3 is 2.14 bits per heavy atom. The Labute approximate surface area is 170 Å². The van der Waals surface area contributed by atoms with E-state index >= 15 is 0 Å². The third-order valence-corrected chi connectivity index (χ3v) is 5.22. The number of rotatable bonds is 8. The summed E-state index contributed by atoms with van der Waals surface area (Å²) in [6, 6.07) is 7.83. The summed E-state index contributed by atoms with van der Waals surface area (Å²) < 4.78 is 5.32. The lowest BCUT2D eigenvalue weighted by Gasteiger charge is -2.22. The SMILES string of the molecule is CCCCCCCCOC(=O)c1cc(N)c2c(c1N)C(=O)c1ccccc1C2=O. The van der Waals surface area contributed by atoms with Crippen LogP contribution in [0.4, 0.5) is 11.4 Å². The van der Waals surface area contributed by atoms with E-state index in [1.807, 2.05) is 0 Å². The van der Waals surface area contributed by atoms with E-state index in [2.05, 4.69) is 6.92 Å². The van der Waals surface area contributed by atoms with Crippen LogP contribution in [0.1, 0.15) is 87.6 Å². The molecule has 0 aromatic heterocycles. The topological polar surface area (TPSA) is 112 Å². The number of ketones is 2. The van der Waals surface area contributed by atoms with Crippen molar-refractivity contribution in [1.29, 1.82) is 0 Å². The van der Waals surface area contributed by atoms with Crippen molar-refractivity contribution in [2.75, 3.05) is 18.1 Å². The molecule has 0 atom stereocenters. The smallest absolute Gasteiger partial charge is 0.340 e. The number of carbonyl (C=O) groups excluding carboxylic acids is 3. The number of fused-ring (bicyclic) bond motifs is 2. The maximum absolute atomic E-state index is 12.9. The van der Waals surface area contributed by atoms with Gasteiger partial charge in [-0.3, -0.25) is 9.59 Å². The summed E-state index contributed by atoms with van der Waals surface area (Å²) in [5.74, 6) is -1.42. The van der Waals surface area contributed by atoms with E-state index < -0.39 is 11.8 Å². The Kier molecular flexibility index (Phi) is 6.32. The van der Waals surface area contributed by atoms with Crippen molar-refractivity contribution in [2.24, 2.45) is 0 Å². The molecular formula is C23H26N2O4. The highest BCUT2D eigenvalue weighted by Gasteiger charge is 2.35. The molecule has 0 bridgehead atoms. The van der Waals surface area contributed by atoms with Gasteiger partial charge in [0.1, 0.15) is 0 Å². The Balaban J connectivity index is 1.79. The van der Waals surface area contributed by atoms with Gasteiger partial charge in [-0.15, -0.1) is 0 Å². The lowest BCUT2D eigenvalue weighted by molar-refractivity contribution is 0.0498. The van der Waals surface area contributed by atoms with Crippen LogP contribution in [0.15, 0.2) is 30.3 Å². The van der Waals surface area contributed by atoms with Crippen LogP contribution in [-0.2, 0) is 4.74 Å². The number of nitrogen functional groups attached to an aromatic ring is 2. The molecule has 2 aromatic carbocycles. The third kappa shape index (κ3) is 4.01. The molecule has 1 aliphatic carbocycles. The molecule has 0 amide bonds. The van der Waals surface area contributed by atoms with Gasteiger partial charge in [0.2, 0.25) is 0 Å². The molecule has 152 valence electrons.